The Hall–Kier alpha value is -1.51. The molecular formula is C17H25NO2. The van der Waals surface area contributed by atoms with Crippen molar-refractivity contribution in [3.63, 3.8) is 0 Å². The Bertz CT molecular complexity index is 425. The van der Waals surface area contributed by atoms with Gasteiger partial charge in [-0.05, 0) is 37.8 Å². The number of carbonyl (C=O) groups excluding carboxylic acids is 1. The Kier molecular flexibility index (Phi) is 5.90. The SMILES string of the molecule is CCOc1ccccc1CCC(=O)NC1CCCCC1. The average molecular weight is 275 g/mol. The zero-order valence-corrected chi connectivity index (χ0v) is 12.4. The molecule has 0 heterocycles. The van der Waals surface area contributed by atoms with Crippen LogP contribution < -0.4 is 10.1 Å². The van der Waals surface area contributed by atoms with E-state index in [1.165, 1.54) is 19.3 Å². The molecule has 0 aromatic heterocycles. The zero-order valence-electron chi connectivity index (χ0n) is 12.4. The van der Waals surface area contributed by atoms with E-state index in [0.29, 0.717) is 19.1 Å². The van der Waals surface area contributed by atoms with Gasteiger partial charge in [0.25, 0.3) is 0 Å². The van der Waals surface area contributed by atoms with Crippen LogP contribution in [0, 0.1) is 0 Å². The standard InChI is InChI=1S/C17H25NO2/c1-2-20-16-11-7-6-8-14(16)12-13-17(19)18-15-9-4-3-5-10-15/h6-8,11,15H,2-5,9-10,12-13H2,1H3,(H,18,19). The number of para-hydroxylation sites is 1. The number of benzene rings is 1. The molecular weight excluding hydrogens is 250 g/mol. The largest absolute Gasteiger partial charge is 0.494 e. The Morgan fingerprint density at radius 1 is 1.25 bits per heavy atom. The first-order valence-corrected chi connectivity index (χ1v) is 7.79. The van der Waals surface area contributed by atoms with E-state index < -0.39 is 0 Å². The zero-order chi connectivity index (χ0) is 14.2. The van der Waals surface area contributed by atoms with E-state index in [0.717, 1.165) is 30.6 Å². The van der Waals surface area contributed by atoms with Gasteiger partial charge in [-0.3, -0.25) is 4.79 Å². The van der Waals surface area contributed by atoms with E-state index in [2.05, 4.69) is 5.32 Å². The van der Waals surface area contributed by atoms with Crippen LogP contribution in [0.4, 0.5) is 0 Å². The molecule has 3 nitrogen and oxygen atoms in total. The van der Waals surface area contributed by atoms with Crippen molar-refractivity contribution in [2.24, 2.45) is 0 Å². The molecule has 0 bridgehead atoms. The van der Waals surface area contributed by atoms with Crippen LogP contribution in [0.3, 0.4) is 0 Å². The monoisotopic (exact) mass is 275 g/mol. The van der Waals surface area contributed by atoms with E-state index in [1.54, 1.807) is 0 Å². The fraction of sp³-hybridized carbons (Fsp3) is 0.588. The van der Waals surface area contributed by atoms with Crippen molar-refractivity contribution in [3.8, 4) is 5.75 Å². The van der Waals surface area contributed by atoms with Gasteiger partial charge in [0, 0.05) is 12.5 Å². The number of nitrogens with one attached hydrogen (secondary N) is 1. The van der Waals surface area contributed by atoms with Gasteiger partial charge in [-0.25, -0.2) is 0 Å². The van der Waals surface area contributed by atoms with E-state index in [1.807, 2.05) is 31.2 Å². The lowest BCUT2D eigenvalue weighted by molar-refractivity contribution is -0.121. The van der Waals surface area contributed by atoms with Crippen LogP contribution in [0.25, 0.3) is 0 Å². The number of hydrogen-bond acceptors (Lipinski definition) is 2. The summed E-state index contributed by atoms with van der Waals surface area (Å²) in [5.41, 5.74) is 1.12. The number of carbonyl (C=O) groups is 1. The van der Waals surface area contributed by atoms with Crippen LogP contribution >= 0.6 is 0 Å². The highest BCUT2D eigenvalue weighted by molar-refractivity contribution is 5.76. The van der Waals surface area contributed by atoms with Gasteiger partial charge in [0.2, 0.25) is 5.91 Å². The summed E-state index contributed by atoms with van der Waals surface area (Å²) < 4.78 is 5.59. The van der Waals surface area contributed by atoms with Crippen LogP contribution in [0.15, 0.2) is 24.3 Å². The van der Waals surface area contributed by atoms with Crippen molar-refractivity contribution in [2.45, 2.75) is 57.9 Å². The molecule has 20 heavy (non-hydrogen) atoms. The van der Waals surface area contributed by atoms with Crippen molar-refractivity contribution in [1.29, 1.82) is 0 Å². The minimum atomic E-state index is 0.170. The van der Waals surface area contributed by atoms with Crippen molar-refractivity contribution in [1.82, 2.24) is 5.32 Å². The van der Waals surface area contributed by atoms with Gasteiger partial charge in [0.05, 0.1) is 6.61 Å². The quantitative estimate of drug-likeness (QED) is 0.863. The molecule has 0 spiro atoms. The lowest BCUT2D eigenvalue weighted by Crippen LogP contribution is -2.36. The van der Waals surface area contributed by atoms with Crippen LogP contribution in [0.1, 0.15) is 51.0 Å². The van der Waals surface area contributed by atoms with E-state index in [-0.39, 0.29) is 5.91 Å². The lowest BCUT2D eigenvalue weighted by atomic mass is 9.95. The molecule has 1 fully saturated rings. The Morgan fingerprint density at radius 3 is 2.75 bits per heavy atom. The maximum Gasteiger partial charge on any atom is 0.220 e. The van der Waals surface area contributed by atoms with Gasteiger partial charge in [-0.2, -0.15) is 0 Å². The number of hydrogen-bond donors (Lipinski definition) is 1. The molecule has 0 aliphatic heterocycles. The number of amides is 1. The molecule has 3 heteroatoms. The van der Waals surface area contributed by atoms with E-state index in [9.17, 15) is 4.79 Å². The Balaban J connectivity index is 1.80. The summed E-state index contributed by atoms with van der Waals surface area (Å²) >= 11 is 0. The molecule has 0 radical (unpaired) electrons. The molecule has 1 aromatic rings. The van der Waals surface area contributed by atoms with Gasteiger partial charge in [0.15, 0.2) is 0 Å². The predicted octanol–water partition coefficient (Wildman–Crippen LogP) is 3.47. The maximum atomic E-state index is 12.0. The molecule has 110 valence electrons. The highest BCUT2D eigenvalue weighted by atomic mass is 16.5. The van der Waals surface area contributed by atoms with Gasteiger partial charge < -0.3 is 10.1 Å². The van der Waals surface area contributed by atoms with Crippen LogP contribution in [-0.4, -0.2) is 18.6 Å². The van der Waals surface area contributed by atoms with Gasteiger partial charge in [-0.1, -0.05) is 37.5 Å². The third kappa shape index (κ3) is 4.55. The van der Waals surface area contributed by atoms with Gasteiger partial charge >= 0.3 is 0 Å². The average Bonchev–Trinajstić information content (AvgIpc) is 2.48. The second-order valence-corrected chi connectivity index (χ2v) is 5.44. The summed E-state index contributed by atoms with van der Waals surface area (Å²) in [6.07, 6.45) is 7.38. The first-order chi connectivity index (χ1) is 9.79. The summed E-state index contributed by atoms with van der Waals surface area (Å²) in [6, 6.07) is 8.38. The second-order valence-electron chi connectivity index (χ2n) is 5.44. The summed E-state index contributed by atoms with van der Waals surface area (Å²) in [6.45, 7) is 2.64. The van der Waals surface area contributed by atoms with Crippen molar-refractivity contribution >= 4 is 5.91 Å². The second kappa shape index (κ2) is 7.93. The Morgan fingerprint density at radius 2 is 2.00 bits per heavy atom. The first-order valence-electron chi connectivity index (χ1n) is 7.79. The molecule has 1 aliphatic rings. The molecule has 0 saturated heterocycles. The summed E-state index contributed by atoms with van der Waals surface area (Å²) in [4.78, 5) is 12.0. The van der Waals surface area contributed by atoms with E-state index >= 15 is 0 Å². The molecule has 0 unspecified atom stereocenters. The first kappa shape index (κ1) is 14.9. The molecule has 1 N–H and O–H groups in total. The lowest BCUT2D eigenvalue weighted by Gasteiger charge is -2.22. The molecule has 1 amide bonds. The van der Waals surface area contributed by atoms with Gasteiger partial charge in [0.1, 0.15) is 5.75 Å². The molecule has 2 rings (SSSR count). The van der Waals surface area contributed by atoms with Crippen molar-refractivity contribution in [2.75, 3.05) is 6.61 Å². The predicted molar refractivity (Wildman–Crippen MR) is 80.9 cm³/mol. The third-order valence-electron chi connectivity index (χ3n) is 3.86. The highest BCUT2D eigenvalue weighted by Crippen LogP contribution is 2.20. The fourth-order valence-electron chi connectivity index (χ4n) is 2.80. The smallest absolute Gasteiger partial charge is 0.220 e. The fourth-order valence-corrected chi connectivity index (χ4v) is 2.80. The molecule has 1 aliphatic carbocycles. The van der Waals surface area contributed by atoms with Crippen LogP contribution in [-0.2, 0) is 11.2 Å². The Labute approximate surface area is 121 Å². The highest BCUT2D eigenvalue weighted by Gasteiger charge is 2.15. The number of ether oxygens (including phenoxy) is 1. The van der Waals surface area contributed by atoms with Crippen molar-refractivity contribution < 1.29 is 9.53 Å². The van der Waals surface area contributed by atoms with Gasteiger partial charge in [-0.15, -0.1) is 0 Å². The minimum absolute atomic E-state index is 0.170. The normalized spacial score (nSPS) is 15.8. The minimum Gasteiger partial charge on any atom is -0.494 e. The van der Waals surface area contributed by atoms with Crippen LogP contribution in [0.5, 0.6) is 5.75 Å². The van der Waals surface area contributed by atoms with Crippen LogP contribution in [0.2, 0.25) is 0 Å². The van der Waals surface area contributed by atoms with Crippen molar-refractivity contribution in [3.05, 3.63) is 29.8 Å². The summed E-state index contributed by atoms with van der Waals surface area (Å²) in [5.74, 6) is 1.07. The topological polar surface area (TPSA) is 38.3 Å². The summed E-state index contributed by atoms with van der Waals surface area (Å²) in [7, 11) is 0. The maximum absolute atomic E-state index is 12.0. The molecule has 1 aromatic carbocycles. The van der Waals surface area contributed by atoms with E-state index in [4.69, 9.17) is 4.74 Å². The third-order valence-corrected chi connectivity index (χ3v) is 3.86. The molecule has 1 saturated carbocycles. The number of rotatable bonds is 6. The summed E-state index contributed by atoms with van der Waals surface area (Å²) in [5, 5.41) is 3.16. The number of aryl methyl sites for hydroxylation is 1. The molecule has 0 atom stereocenters.